The summed E-state index contributed by atoms with van der Waals surface area (Å²) in [4.78, 5) is 18.5. The number of hydrogen-bond donors (Lipinski definition) is 1. The highest BCUT2D eigenvalue weighted by Gasteiger charge is 2.45. The average molecular weight is 327 g/mol. The topological polar surface area (TPSA) is 84.1 Å². The summed E-state index contributed by atoms with van der Waals surface area (Å²) in [5, 5.41) is 11.0. The number of rotatable bonds is 4. The summed E-state index contributed by atoms with van der Waals surface area (Å²) in [6.45, 7) is 3.54. The van der Waals surface area contributed by atoms with Crippen LogP contribution in [0.3, 0.4) is 0 Å². The third-order valence-corrected chi connectivity index (χ3v) is 5.14. The number of piperidine rings is 1. The Balaban J connectivity index is 1.36. The van der Waals surface area contributed by atoms with Crippen molar-refractivity contribution in [1.29, 1.82) is 0 Å². The van der Waals surface area contributed by atoms with Gasteiger partial charge in [0.05, 0.1) is 5.56 Å². The molecule has 1 saturated carbocycles. The number of pyridine rings is 1. The molecule has 1 atom stereocenters. The first-order chi connectivity index (χ1) is 11.7. The highest BCUT2D eigenvalue weighted by Crippen LogP contribution is 2.53. The Labute approximate surface area is 140 Å². The zero-order chi connectivity index (χ0) is 16.6. The van der Waals surface area contributed by atoms with E-state index in [1.54, 1.807) is 12.4 Å². The van der Waals surface area contributed by atoms with Crippen LogP contribution in [0.15, 0.2) is 28.9 Å². The number of nitrogens with zero attached hydrogens (tertiary/aromatic N) is 4. The summed E-state index contributed by atoms with van der Waals surface area (Å²) < 4.78 is 5.58. The zero-order valence-electron chi connectivity index (χ0n) is 13.7. The van der Waals surface area contributed by atoms with Crippen molar-refractivity contribution < 1.29 is 9.21 Å². The molecule has 4 rings (SSSR count). The van der Waals surface area contributed by atoms with Crippen molar-refractivity contribution in [3.05, 3.63) is 24.5 Å². The van der Waals surface area contributed by atoms with E-state index < -0.39 is 0 Å². The molecule has 0 radical (unpaired) electrons. The first-order valence-corrected chi connectivity index (χ1v) is 8.44. The van der Waals surface area contributed by atoms with Gasteiger partial charge in [0, 0.05) is 25.5 Å². The minimum absolute atomic E-state index is 0.0895. The number of carbonyl (C=O) groups excluding carboxylic acids is 1. The molecular formula is C17H21N5O2. The van der Waals surface area contributed by atoms with E-state index in [1.807, 2.05) is 24.0 Å². The fourth-order valence-corrected chi connectivity index (χ4v) is 3.29. The lowest BCUT2D eigenvalue weighted by molar-refractivity contribution is -0.133. The lowest BCUT2D eigenvalue weighted by atomic mass is 9.93. The van der Waals surface area contributed by atoms with E-state index in [2.05, 4.69) is 20.5 Å². The molecule has 0 aromatic carbocycles. The molecule has 2 fully saturated rings. The van der Waals surface area contributed by atoms with Gasteiger partial charge in [0.2, 0.25) is 5.91 Å². The summed E-state index contributed by atoms with van der Waals surface area (Å²) in [5.41, 5.74) is 1.32. The predicted molar refractivity (Wildman–Crippen MR) is 88.1 cm³/mol. The minimum Gasteiger partial charge on any atom is -0.403 e. The molecule has 1 saturated heterocycles. The smallest absolute Gasteiger partial charge is 0.316 e. The van der Waals surface area contributed by atoms with E-state index in [0.29, 0.717) is 11.3 Å². The number of amides is 1. The van der Waals surface area contributed by atoms with Crippen molar-refractivity contribution in [1.82, 2.24) is 20.1 Å². The molecule has 2 aromatic heterocycles. The molecule has 3 heterocycles. The number of nitrogens with one attached hydrogen (secondary N) is 1. The van der Waals surface area contributed by atoms with Crippen molar-refractivity contribution in [2.75, 3.05) is 18.4 Å². The fraction of sp³-hybridized carbons (Fsp3) is 0.529. The van der Waals surface area contributed by atoms with E-state index in [4.69, 9.17) is 4.42 Å². The number of hydrogen-bond acceptors (Lipinski definition) is 6. The third-order valence-electron chi connectivity index (χ3n) is 5.14. The summed E-state index contributed by atoms with van der Waals surface area (Å²) >= 11 is 0. The van der Waals surface area contributed by atoms with Crippen LogP contribution in [0, 0.1) is 5.41 Å². The van der Waals surface area contributed by atoms with Gasteiger partial charge in [0.1, 0.15) is 6.04 Å². The second-order valence-corrected chi connectivity index (χ2v) is 6.85. The molecule has 0 bridgehead atoms. The van der Waals surface area contributed by atoms with Crippen LogP contribution in [-0.4, -0.2) is 45.1 Å². The van der Waals surface area contributed by atoms with Gasteiger partial charge in [-0.25, -0.2) is 0 Å². The van der Waals surface area contributed by atoms with Crippen molar-refractivity contribution in [2.45, 2.75) is 38.6 Å². The van der Waals surface area contributed by atoms with Crippen LogP contribution in [0.4, 0.5) is 6.01 Å². The summed E-state index contributed by atoms with van der Waals surface area (Å²) in [6.07, 6.45) is 8.29. The Morgan fingerprint density at radius 3 is 2.75 bits per heavy atom. The molecule has 2 aromatic rings. The van der Waals surface area contributed by atoms with Gasteiger partial charge >= 0.3 is 6.01 Å². The van der Waals surface area contributed by atoms with Gasteiger partial charge in [-0.3, -0.25) is 9.78 Å². The van der Waals surface area contributed by atoms with Gasteiger partial charge in [-0.2, -0.15) is 0 Å². The zero-order valence-corrected chi connectivity index (χ0v) is 13.7. The normalized spacial score (nSPS) is 20.0. The SMILES string of the molecule is C[C@@H](Nc1nnc(-c2cccnc2)o1)C(=O)N1CCC2(CC1)CC2. The highest BCUT2D eigenvalue weighted by atomic mass is 16.4. The van der Waals surface area contributed by atoms with Crippen LogP contribution in [0.5, 0.6) is 0 Å². The predicted octanol–water partition coefficient (Wildman–Crippen LogP) is 2.33. The third kappa shape index (κ3) is 2.98. The Bertz CT molecular complexity index is 716. The van der Waals surface area contributed by atoms with Crippen LogP contribution >= 0.6 is 0 Å². The monoisotopic (exact) mass is 327 g/mol. The maximum Gasteiger partial charge on any atom is 0.316 e. The Hall–Kier alpha value is -2.44. The molecular weight excluding hydrogens is 306 g/mol. The standard InChI is InChI=1S/C17H21N5O2/c1-12(15(23)22-9-6-17(4-5-17)7-10-22)19-16-21-20-14(24-16)13-3-2-8-18-11-13/h2-3,8,11-12H,4-7,9-10H2,1H3,(H,19,21)/t12-/m1/s1. The number of carbonyl (C=O) groups is 1. The van der Waals surface area contributed by atoms with Crippen LogP contribution < -0.4 is 5.32 Å². The summed E-state index contributed by atoms with van der Waals surface area (Å²) in [7, 11) is 0. The van der Waals surface area contributed by atoms with Gasteiger partial charge in [-0.15, -0.1) is 5.10 Å². The summed E-state index contributed by atoms with van der Waals surface area (Å²) in [6, 6.07) is 3.52. The lowest BCUT2D eigenvalue weighted by Gasteiger charge is -2.33. The minimum atomic E-state index is -0.388. The van der Waals surface area contributed by atoms with Gasteiger partial charge < -0.3 is 14.6 Å². The molecule has 126 valence electrons. The summed E-state index contributed by atoms with van der Waals surface area (Å²) in [5.74, 6) is 0.477. The Morgan fingerprint density at radius 2 is 2.08 bits per heavy atom. The first kappa shape index (κ1) is 15.1. The van der Waals surface area contributed by atoms with E-state index in [1.165, 1.54) is 12.8 Å². The number of likely N-dealkylation sites (tertiary alicyclic amines) is 1. The second-order valence-electron chi connectivity index (χ2n) is 6.85. The van der Waals surface area contributed by atoms with E-state index in [0.717, 1.165) is 31.5 Å². The van der Waals surface area contributed by atoms with Gasteiger partial charge in [-0.05, 0) is 50.2 Å². The van der Waals surface area contributed by atoms with Gasteiger partial charge in [0.15, 0.2) is 0 Å². The maximum atomic E-state index is 12.6. The van der Waals surface area contributed by atoms with Crippen LogP contribution in [0.25, 0.3) is 11.5 Å². The molecule has 1 aliphatic carbocycles. The van der Waals surface area contributed by atoms with Crippen LogP contribution in [-0.2, 0) is 4.79 Å². The van der Waals surface area contributed by atoms with Crippen molar-refractivity contribution in [2.24, 2.45) is 5.41 Å². The second kappa shape index (κ2) is 5.89. The molecule has 0 unspecified atom stereocenters. The van der Waals surface area contributed by atoms with Gasteiger partial charge in [0.25, 0.3) is 5.89 Å². The lowest BCUT2D eigenvalue weighted by Crippen LogP contribution is -2.45. The van der Waals surface area contributed by atoms with Gasteiger partial charge in [-0.1, -0.05) is 5.10 Å². The van der Waals surface area contributed by atoms with Crippen LogP contribution in [0.2, 0.25) is 0 Å². The van der Waals surface area contributed by atoms with E-state index in [-0.39, 0.29) is 18.0 Å². The molecule has 7 nitrogen and oxygen atoms in total. The van der Waals surface area contributed by atoms with Crippen LogP contribution in [0.1, 0.15) is 32.6 Å². The average Bonchev–Trinajstić information content (AvgIpc) is 3.20. The van der Waals surface area contributed by atoms with Crippen molar-refractivity contribution in [3.63, 3.8) is 0 Å². The Kier molecular flexibility index (Phi) is 3.70. The number of aromatic nitrogens is 3. The van der Waals surface area contributed by atoms with Crippen molar-refractivity contribution >= 4 is 11.9 Å². The first-order valence-electron chi connectivity index (χ1n) is 8.44. The maximum absolute atomic E-state index is 12.6. The molecule has 1 spiro atoms. The molecule has 1 aliphatic heterocycles. The van der Waals surface area contributed by atoms with Crippen molar-refractivity contribution in [3.8, 4) is 11.5 Å². The van der Waals surface area contributed by atoms with E-state index >= 15 is 0 Å². The molecule has 7 heteroatoms. The fourth-order valence-electron chi connectivity index (χ4n) is 3.29. The molecule has 1 N–H and O–H groups in total. The highest BCUT2D eigenvalue weighted by molar-refractivity contribution is 5.83. The van der Waals surface area contributed by atoms with E-state index in [9.17, 15) is 4.79 Å². The molecule has 2 aliphatic rings. The largest absolute Gasteiger partial charge is 0.403 e. The number of anilines is 1. The molecule has 1 amide bonds. The quantitative estimate of drug-likeness (QED) is 0.928. The molecule has 24 heavy (non-hydrogen) atoms. The Morgan fingerprint density at radius 1 is 1.29 bits per heavy atom.